The third-order valence-corrected chi connectivity index (χ3v) is 3.74. The van der Waals surface area contributed by atoms with E-state index in [9.17, 15) is 4.79 Å². The van der Waals surface area contributed by atoms with E-state index in [1.807, 2.05) is 30.7 Å². The first-order chi connectivity index (χ1) is 7.89. The van der Waals surface area contributed by atoms with Crippen LogP contribution < -0.4 is 5.73 Å². The molecule has 0 saturated carbocycles. The molecule has 0 atom stereocenters. The maximum Gasteiger partial charge on any atom is 0.242 e. The number of nitrogens with zero attached hydrogens (tertiary/aromatic N) is 2. The van der Waals surface area contributed by atoms with Gasteiger partial charge in [-0.2, -0.15) is 0 Å². The fourth-order valence-corrected chi connectivity index (χ4v) is 2.08. The molecule has 1 amide bonds. The quantitative estimate of drug-likeness (QED) is 0.707. The smallest absolute Gasteiger partial charge is 0.242 e. The van der Waals surface area contributed by atoms with Crippen LogP contribution in [0.5, 0.6) is 0 Å². The van der Waals surface area contributed by atoms with E-state index >= 15 is 0 Å². The normalized spacial score (nSPS) is 18.8. The lowest BCUT2D eigenvalue weighted by molar-refractivity contribution is -0.143. The van der Waals surface area contributed by atoms with Crippen LogP contribution in [0.2, 0.25) is 0 Å². The molecule has 1 heterocycles. The average molecular weight is 243 g/mol. The van der Waals surface area contributed by atoms with Crippen LogP contribution in [0, 0.1) is 0 Å². The van der Waals surface area contributed by atoms with E-state index < -0.39 is 5.54 Å². The van der Waals surface area contributed by atoms with Gasteiger partial charge in [-0.05, 0) is 33.7 Å². The minimum absolute atomic E-state index is 0.0675. The van der Waals surface area contributed by atoms with Gasteiger partial charge in [0, 0.05) is 25.7 Å². The molecule has 1 saturated heterocycles. The highest BCUT2D eigenvalue weighted by Gasteiger charge is 2.36. The monoisotopic (exact) mass is 243 g/mol. The number of aliphatic hydroxyl groups excluding tert-OH is 1. The number of rotatable bonds is 4. The molecule has 0 aliphatic carbocycles. The molecule has 17 heavy (non-hydrogen) atoms. The van der Waals surface area contributed by atoms with Crippen LogP contribution in [0.1, 0.15) is 26.7 Å². The van der Waals surface area contributed by atoms with Gasteiger partial charge >= 0.3 is 0 Å². The minimum Gasteiger partial charge on any atom is -0.395 e. The number of aliphatic hydroxyl groups is 1. The van der Waals surface area contributed by atoms with Crippen LogP contribution in [-0.2, 0) is 4.79 Å². The summed E-state index contributed by atoms with van der Waals surface area (Å²) in [6.45, 7) is 5.87. The van der Waals surface area contributed by atoms with E-state index in [4.69, 9.17) is 10.8 Å². The number of hydrogen-bond donors (Lipinski definition) is 2. The third-order valence-electron chi connectivity index (χ3n) is 3.74. The number of nitrogens with two attached hydrogens (primary N) is 1. The third kappa shape index (κ3) is 3.40. The molecule has 100 valence electrons. The van der Waals surface area contributed by atoms with Crippen molar-refractivity contribution in [1.82, 2.24) is 9.80 Å². The molecule has 0 unspecified atom stereocenters. The molecule has 5 nitrogen and oxygen atoms in total. The summed E-state index contributed by atoms with van der Waals surface area (Å²) in [5.74, 6) is 0.125. The standard InChI is InChI=1S/C12H25N3O2/c1-12(2,14(3)8-9-16)11(17)15-6-4-10(13)5-7-15/h10,16H,4-9,13H2,1-3H3. The molecule has 0 aromatic heterocycles. The second-order valence-corrected chi connectivity index (χ2v) is 5.33. The Hall–Kier alpha value is -0.650. The summed E-state index contributed by atoms with van der Waals surface area (Å²) in [4.78, 5) is 16.2. The fraction of sp³-hybridized carbons (Fsp3) is 0.917. The van der Waals surface area contributed by atoms with Gasteiger partial charge in [0.1, 0.15) is 0 Å². The molecule has 1 fully saturated rings. The number of likely N-dealkylation sites (N-methyl/N-ethyl adjacent to an activating group) is 1. The Morgan fingerprint density at radius 3 is 2.47 bits per heavy atom. The van der Waals surface area contributed by atoms with E-state index in [0.717, 1.165) is 25.9 Å². The average Bonchev–Trinajstić information content (AvgIpc) is 2.29. The molecule has 0 aromatic rings. The van der Waals surface area contributed by atoms with Crippen molar-refractivity contribution in [3.8, 4) is 0 Å². The number of likely N-dealkylation sites (tertiary alicyclic amines) is 1. The zero-order chi connectivity index (χ0) is 13.1. The van der Waals surface area contributed by atoms with Crippen molar-refractivity contribution >= 4 is 5.91 Å². The van der Waals surface area contributed by atoms with Gasteiger partial charge in [-0.3, -0.25) is 9.69 Å². The number of β-amino-alcohol motifs (C(OH)–C–C–N with tert-alkyl or cyclic N) is 1. The van der Waals surface area contributed by atoms with Crippen LogP contribution in [0.25, 0.3) is 0 Å². The van der Waals surface area contributed by atoms with Gasteiger partial charge in [0.15, 0.2) is 0 Å². The summed E-state index contributed by atoms with van der Waals surface area (Å²) in [5.41, 5.74) is 5.27. The summed E-state index contributed by atoms with van der Waals surface area (Å²) in [6.07, 6.45) is 1.76. The van der Waals surface area contributed by atoms with Crippen molar-refractivity contribution in [2.75, 3.05) is 33.3 Å². The predicted octanol–water partition coefficient (Wildman–Crippen LogP) is -0.361. The highest BCUT2D eigenvalue weighted by Crippen LogP contribution is 2.19. The van der Waals surface area contributed by atoms with Gasteiger partial charge in [-0.1, -0.05) is 0 Å². The van der Waals surface area contributed by atoms with Gasteiger partial charge in [0.2, 0.25) is 5.91 Å². The van der Waals surface area contributed by atoms with Crippen LogP contribution in [0.4, 0.5) is 0 Å². The zero-order valence-electron chi connectivity index (χ0n) is 11.1. The van der Waals surface area contributed by atoms with Crippen LogP contribution in [0.15, 0.2) is 0 Å². The molecule has 1 aliphatic rings. The van der Waals surface area contributed by atoms with Crippen molar-refractivity contribution < 1.29 is 9.90 Å². The zero-order valence-corrected chi connectivity index (χ0v) is 11.1. The van der Waals surface area contributed by atoms with Gasteiger partial charge in [0.25, 0.3) is 0 Å². The molecule has 0 aromatic carbocycles. The topological polar surface area (TPSA) is 69.8 Å². The number of carbonyl (C=O) groups is 1. The Balaban J connectivity index is 2.61. The second kappa shape index (κ2) is 5.80. The maximum atomic E-state index is 12.4. The molecular formula is C12H25N3O2. The van der Waals surface area contributed by atoms with Crippen LogP contribution >= 0.6 is 0 Å². The second-order valence-electron chi connectivity index (χ2n) is 5.33. The van der Waals surface area contributed by atoms with E-state index in [1.54, 1.807) is 0 Å². The summed E-state index contributed by atoms with van der Waals surface area (Å²) < 4.78 is 0. The molecule has 1 rings (SSSR count). The van der Waals surface area contributed by atoms with E-state index in [1.165, 1.54) is 0 Å². The SMILES string of the molecule is CN(CCO)C(C)(C)C(=O)N1CCC(N)CC1. The van der Waals surface area contributed by atoms with Crippen molar-refractivity contribution in [3.05, 3.63) is 0 Å². The Labute approximate surface area is 104 Å². The lowest BCUT2D eigenvalue weighted by Crippen LogP contribution is -2.57. The van der Waals surface area contributed by atoms with Crippen molar-refractivity contribution in [1.29, 1.82) is 0 Å². The molecule has 3 N–H and O–H groups in total. The highest BCUT2D eigenvalue weighted by atomic mass is 16.3. The van der Waals surface area contributed by atoms with Crippen molar-refractivity contribution in [3.63, 3.8) is 0 Å². The number of amides is 1. The predicted molar refractivity (Wildman–Crippen MR) is 67.6 cm³/mol. The Morgan fingerprint density at radius 2 is 2.00 bits per heavy atom. The molecule has 0 radical (unpaired) electrons. The summed E-state index contributed by atoms with van der Waals surface area (Å²) >= 11 is 0. The first-order valence-electron chi connectivity index (χ1n) is 6.26. The lowest BCUT2D eigenvalue weighted by Gasteiger charge is -2.40. The van der Waals surface area contributed by atoms with Gasteiger partial charge in [0.05, 0.1) is 12.1 Å². The number of piperidine rings is 1. The molecule has 0 spiro atoms. The van der Waals surface area contributed by atoms with Crippen molar-refractivity contribution in [2.45, 2.75) is 38.3 Å². The van der Waals surface area contributed by atoms with Gasteiger partial charge in [-0.15, -0.1) is 0 Å². The van der Waals surface area contributed by atoms with E-state index in [0.29, 0.717) is 6.54 Å². The molecular weight excluding hydrogens is 218 g/mol. The summed E-state index contributed by atoms with van der Waals surface area (Å²) in [5, 5.41) is 8.94. The van der Waals surface area contributed by atoms with E-state index in [-0.39, 0.29) is 18.6 Å². The molecule has 1 aliphatic heterocycles. The first kappa shape index (κ1) is 14.4. The summed E-state index contributed by atoms with van der Waals surface area (Å²) in [7, 11) is 1.86. The van der Waals surface area contributed by atoms with E-state index in [2.05, 4.69) is 0 Å². The van der Waals surface area contributed by atoms with Gasteiger partial charge < -0.3 is 15.7 Å². The largest absolute Gasteiger partial charge is 0.395 e. The number of hydrogen-bond acceptors (Lipinski definition) is 4. The Bertz CT molecular complexity index is 260. The molecule has 0 bridgehead atoms. The Morgan fingerprint density at radius 1 is 1.47 bits per heavy atom. The van der Waals surface area contributed by atoms with Crippen LogP contribution in [0.3, 0.4) is 0 Å². The van der Waals surface area contributed by atoms with Crippen molar-refractivity contribution in [2.24, 2.45) is 5.73 Å². The number of carbonyl (C=O) groups excluding carboxylic acids is 1. The maximum absolute atomic E-state index is 12.4. The fourth-order valence-electron chi connectivity index (χ4n) is 2.08. The highest BCUT2D eigenvalue weighted by molar-refractivity contribution is 5.85. The first-order valence-corrected chi connectivity index (χ1v) is 6.26. The Kier molecular flexibility index (Phi) is 4.91. The van der Waals surface area contributed by atoms with Gasteiger partial charge in [-0.25, -0.2) is 0 Å². The molecule has 5 heteroatoms. The lowest BCUT2D eigenvalue weighted by atomic mass is 9.98. The van der Waals surface area contributed by atoms with Crippen LogP contribution in [-0.4, -0.2) is 65.7 Å². The minimum atomic E-state index is -0.565. The summed E-state index contributed by atoms with van der Waals surface area (Å²) in [6, 6.07) is 0.234.